The van der Waals surface area contributed by atoms with E-state index < -0.39 is 186 Å². The van der Waals surface area contributed by atoms with Crippen LogP contribution in [0.4, 0.5) is 5.69 Å². The number of nitrogens with zero attached hydrogens (tertiary/aromatic N) is 3. The predicted molar refractivity (Wildman–Crippen MR) is 287 cm³/mol. The molecule has 3 aliphatic rings. The van der Waals surface area contributed by atoms with Crippen molar-refractivity contribution in [3.63, 3.8) is 0 Å². The van der Waals surface area contributed by atoms with Crippen LogP contribution < -0.4 is 37.1 Å². The van der Waals surface area contributed by atoms with Crippen LogP contribution >= 0.6 is 21.6 Å². The SMILES string of the molecule is CC[C@H](C)[C@@H]1NC(=O)CNC(=O)[C@@H]2CC(=O)[C@H]([C@@H](C)[C@@H](O)CO)NC(=O)[C@@H]3C[C@@H](O)CN3C(=O)[C@H](CC(N)=O)CC(=O)[C@H](CS(=O)c3[nH]c4cc(OCCC(C)SSc5ccc([N+](=O)[O-])cn5)ccc4c3C2)NC(=O)CNC1=O. The highest BCUT2D eigenvalue weighted by Crippen LogP contribution is 2.36. The average molecular weight is 1160 g/mol. The molecule has 2 unspecified atom stereocenters. The molecule has 0 spiro atoms. The predicted octanol–water partition coefficient (Wildman–Crippen LogP) is -0.543. The van der Waals surface area contributed by atoms with E-state index in [0.717, 1.165) is 4.90 Å². The van der Waals surface area contributed by atoms with Crippen molar-refractivity contribution in [2.75, 3.05) is 38.6 Å². The van der Waals surface area contributed by atoms with Crippen molar-refractivity contribution in [3.05, 3.63) is 52.2 Å². The van der Waals surface area contributed by atoms with Crippen molar-refractivity contribution in [1.82, 2.24) is 41.5 Å². The molecule has 1 aromatic carbocycles. The number of nitrogens with one attached hydrogen (secondary N) is 6. The van der Waals surface area contributed by atoms with Crippen molar-refractivity contribution >= 4 is 102 Å². The van der Waals surface area contributed by atoms with E-state index in [4.69, 9.17) is 10.5 Å². The quantitative estimate of drug-likeness (QED) is 0.0519. The summed E-state index contributed by atoms with van der Waals surface area (Å²) in [7, 11) is 0.458. The lowest BCUT2D eigenvalue weighted by Crippen LogP contribution is -2.56. The Kier molecular flexibility index (Phi) is 21.9. The van der Waals surface area contributed by atoms with Gasteiger partial charge in [-0.1, -0.05) is 44.9 Å². The summed E-state index contributed by atoms with van der Waals surface area (Å²) in [5, 5.41) is 56.3. The summed E-state index contributed by atoms with van der Waals surface area (Å²) in [6.07, 6.45) is -3.97. The fourth-order valence-electron chi connectivity index (χ4n) is 9.39. The van der Waals surface area contributed by atoms with Crippen LogP contribution in [0.15, 0.2) is 46.6 Å². The number of aliphatic hydroxyl groups excluding tert-OH is 3. The number of nitro groups is 1. The molecule has 26 nitrogen and oxygen atoms in total. The van der Waals surface area contributed by atoms with Crippen LogP contribution in [0.5, 0.6) is 5.75 Å². The van der Waals surface area contributed by atoms with E-state index in [2.05, 4.69) is 36.6 Å². The first kappa shape index (κ1) is 61.7. The Hall–Kier alpha value is -6.53. The normalized spacial score (nSPS) is 25.8. The molecule has 3 aromatic rings. The van der Waals surface area contributed by atoms with Crippen LogP contribution in [0.1, 0.15) is 71.8 Å². The first-order chi connectivity index (χ1) is 37.5. The summed E-state index contributed by atoms with van der Waals surface area (Å²) in [6, 6.07) is 1.57. The van der Waals surface area contributed by atoms with Crippen molar-refractivity contribution in [2.45, 2.75) is 124 Å². The number of fused-ring (bicyclic) bond motifs is 5. The zero-order valence-corrected chi connectivity index (χ0v) is 46.2. The van der Waals surface area contributed by atoms with Crippen LogP contribution in [-0.2, 0) is 60.4 Å². The van der Waals surface area contributed by atoms with E-state index in [1.807, 2.05) is 6.92 Å². The van der Waals surface area contributed by atoms with Gasteiger partial charge in [-0.15, -0.1) is 0 Å². The number of carbonyl (C=O) groups is 9. The standard InChI is InChI=1S/C50H66N10O16S3/c1-5-24(2)44-48(71)54-19-41(67)55-35-23-79(75)49-33(32-8-7-31(17-34(32)56-49)76-11-10-25(3)77-78-43-9-6-29(18-52-43)60(73)74)12-27(46(69)53-20-42(68)57-44)13-38(64)45(26(4)39(65)22-61)58-47(70)36-16-30(62)21-59(36)50(72)28(14-37(35)63)15-40(51)66/h6-9,17-18,24-28,30,35-36,39,44-45,56,61-62,65H,5,10-16,19-23H2,1-4H3,(H2,51,66)(H,53,69)(H,54,71)(H,55,67)(H,57,68)(H,58,70)/t24-,25?,26-,27-,28-,30+,35-,36-,39-,44-,45-,79?/m0/s1. The van der Waals surface area contributed by atoms with Gasteiger partial charge in [-0.05, 0) is 53.3 Å². The lowest BCUT2D eigenvalue weighted by molar-refractivity contribution is -0.385. The second-order valence-electron chi connectivity index (χ2n) is 20.0. The van der Waals surface area contributed by atoms with Crippen molar-refractivity contribution in [3.8, 4) is 5.75 Å². The minimum Gasteiger partial charge on any atom is -0.493 e. The van der Waals surface area contributed by atoms with Gasteiger partial charge in [0.25, 0.3) is 5.69 Å². The number of ether oxygens (including phenoxy) is 1. The molecule has 0 aliphatic carbocycles. The number of rotatable bonds is 15. The van der Waals surface area contributed by atoms with Gasteiger partial charge >= 0.3 is 0 Å². The number of aromatic nitrogens is 2. The van der Waals surface area contributed by atoms with E-state index in [9.17, 15) is 68.6 Å². The molecule has 11 N–H and O–H groups in total. The first-order valence-corrected chi connectivity index (χ1v) is 29.2. The van der Waals surface area contributed by atoms with Crippen LogP contribution in [-0.4, -0.2) is 172 Å². The number of H-pyrrole nitrogens is 1. The van der Waals surface area contributed by atoms with Gasteiger partial charge in [0.2, 0.25) is 41.4 Å². The zero-order chi connectivity index (χ0) is 57.8. The highest BCUT2D eigenvalue weighted by atomic mass is 33.1. The number of hydrogen-bond donors (Lipinski definition) is 10. The second-order valence-corrected chi connectivity index (χ2v) is 24.1. The van der Waals surface area contributed by atoms with E-state index in [1.54, 1.807) is 38.1 Å². The number of benzene rings is 1. The molecule has 29 heteroatoms. The molecule has 5 heterocycles. The average Bonchev–Trinajstić information content (AvgIpc) is 4.20. The van der Waals surface area contributed by atoms with Gasteiger partial charge in [-0.25, -0.2) is 4.98 Å². The van der Waals surface area contributed by atoms with Crippen LogP contribution in [0.2, 0.25) is 0 Å². The molecule has 3 aliphatic heterocycles. The molecule has 79 heavy (non-hydrogen) atoms. The Morgan fingerprint density at radius 3 is 2.32 bits per heavy atom. The minimum atomic E-state index is -2.35. The number of carbonyl (C=O) groups excluding carboxylic acids is 9. The molecule has 2 aromatic heterocycles. The maximum atomic E-state index is 15.1. The summed E-state index contributed by atoms with van der Waals surface area (Å²) < 4.78 is 21.2. The smallest absolute Gasteiger partial charge is 0.287 e. The minimum absolute atomic E-state index is 0.0104. The Bertz CT molecular complexity index is 2820. The van der Waals surface area contributed by atoms with Crippen molar-refractivity contribution < 1.29 is 72.3 Å². The van der Waals surface area contributed by atoms with E-state index in [-0.39, 0.29) is 34.6 Å². The molecule has 2 bridgehead atoms. The van der Waals surface area contributed by atoms with Gasteiger partial charge < -0.3 is 62.3 Å². The number of pyridine rings is 1. The van der Waals surface area contributed by atoms with Gasteiger partial charge in [0.15, 0.2) is 11.6 Å². The second kappa shape index (κ2) is 28.1. The highest BCUT2D eigenvalue weighted by Gasteiger charge is 2.45. The number of amides is 7. The Balaban J connectivity index is 1.45. The molecule has 7 amide bonds. The third-order valence-electron chi connectivity index (χ3n) is 14.1. The summed E-state index contributed by atoms with van der Waals surface area (Å²) in [4.78, 5) is 145. The molecule has 6 rings (SSSR count). The molecule has 0 radical (unpaired) electrons. The molecule has 430 valence electrons. The first-order valence-electron chi connectivity index (χ1n) is 25.6. The number of Topliss-reactive ketones (excluding diaryl/α,β-unsaturated/α-hetero) is 2. The number of nitrogens with two attached hydrogens (primary N) is 1. The van der Waals surface area contributed by atoms with E-state index >= 15 is 4.21 Å². The lowest BCUT2D eigenvalue weighted by atomic mass is 9.85. The van der Waals surface area contributed by atoms with Crippen LogP contribution in [0, 0.1) is 33.8 Å². The number of hydrogen-bond acceptors (Lipinski definition) is 19. The number of aromatic amines is 1. The Morgan fingerprint density at radius 1 is 0.949 bits per heavy atom. The molecule has 12 atom stereocenters. The van der Waals surface area contributed by atoms with Gasteiger partial charge in [-0.2, -0.15) is 0 Å². The monoisotopic (exact) mass is 1160 g/mol. The summed E-state index contributed by atoms with van der Waals surface area (Å²) in [5.74, 6) is -13.5. The number of primary amides is 1. The summed E-state index contributed by atoms with van der Waals surface area (Å²) in [6.45, 7) is 4.12. The van der Waals surface area contributed by atoms with Crippen LogP contribution in [0.25, 0.3) is 10.9 Å². The largest absolute Gasteiger partial charge is 0.493 e. The molecular formula is C50H66N10O16S3. The lowest BCUT2D eigenvalue weighted by Gasteiger charge is -2.32. The van der Waals surface area contributed by atoms with E-state index in [1.165, 1.54) is 40.8 Å². The van der Waals surface area contributed by atoms with Gasteiger partial charge in [0.1, 0.15) is 34.1 Å². The van der Waals surface area contributed by atoms with Crippen molar-refractivity contribution in [2.24, 2.45) is 29.4 Å². The summed E-state index contributed by atoms with van der Waals surface area (Å²) >= 11 is 0. The number of ketones is 2. The molecule has 1 fully saturated rings. The zero-order valence-electron chi connectivity index (χ0n) is 43.8. The van der Waals surface area contributed by atoms with Crippen molar-refractivity contribution in [1.29, 1.82) is 0 Å². The fraction of sp³-hybridized carbons (Fsp3) is 0.560. The maximum absolute atomic E-state index is 15.1. The third-order valence-corrected chi connectivity index (χ3v) is 18.4. The molecule has 0 saturated carbocycles. The topological polar surface area (TPSA) is 402 Å². The van der Waals surface area contributed by atoms with Gasteiger partial charge in [0, 0.05) is 66.8 Å². The maximum Gasteiger partial charge on any atom is 0.287 e. The molecular weight excluding hydrogens is 1090 g/mol. The summed E-state index contributed by atoms with van der Waals surface area (Å²) in [5.41, 5.74) is 5.96. The van der Waals surface area contributed by atoms with Crippen LogP contribution in [0.3, 0.4) is 0 Å². The van der Waals surface area contributed by atoms with Gasteiger partial charge in [-0.3, -0.25) is 57.5 Å². The van der Waals surface area contributed by atoms with Gasteiger partial charge in [0.05, 0.1) is 83.5 Å². The number of aliphatic hydroxyl groups is 3. The Morgan fingerprint density at radius 2 is 1.66 bits per heavy atom. The fourth-order valence-corrected chi connectivity index (χ4v) is 12.9. The highest BCUT2D eigenvalue weighted by molar-refractivity contribution is 8.76. The Labute approximate surface area is 464 Å². The molecule has 1 saturated heterocycles. The van der Waals surface area contributed by atoms with E-state index in [0.29, 0.717) is 34.5 Å². The third kappa shape index (κ3) is 16.3.